The molecule has 0 unspecified atom stereocenters. The van der Waals surface area contributed by atoms with Crippen molar-refractivity contribution < 1.29 is 24.2 Å². The van der Waals surface area contributed by atoms with Crippen LogP contribution in [0.5, 0.6) is 5.75 Å². The van der Waals surface area contributed by atoms with Crippen molar-refractivity contribution in [2.45, 2.75) is 24.2 Å². The molecule has 0 saturated carbocycles. The Balaban J connectivity index is 2.50. The number of nitrogens with zero attached hydrogens (tertiary/aromatic N) is 1. The first-order chi connectivity index (χ1) is 8.99. The van der Waals surface area contributed by atoms with E-state index in [0.717, 1.165) is 26.4 Å². The first-order valence-electron chi connectivity index (χ1n) is 6.18. The molecule has 1 fully saturated rings. The van der Waals surface area contributed by atoms with Gasteiger partial charge in [-0.05, 0) is 25.3 Å². The third-order valence-corrected chi connectivity index (χ3v) is 4.39. The van der Waals surface area contributed by atoms with Crippen LogP contribution < -0.4 is 9.64 Å². The van der Waals surface area contributed by atoms with Crippen LogP contribution in [0.1, 0.15) is 19.3 Å². The zero-order valence-corrected chi connectivity index (χ0v) is 11.7. The van der Waals surface area contributed by atoms with E-state index in [1.54, 1.807) is 4.90 Å². The Morgan fingerprint density at radius 1 is 0.950 bits per heavy atom. The number of hydrogen-bond acceptors (Lipinski definition) is 2. The van der Waals surface area contributed by atoms with Gasteiger partial charge in [-0.2, -0.15) is 0 Å². The molecule has 1 saturated heterocycles. The number of methoxy groups -OCH3 is 1. The average Bonchev–Trinajstić information content (AvgIpc) is 2.36. The fourth-order valence-electron chi connectivity index (χ4n) is 2.23. The molecule has 8 heteroatoms. The van der Waals surface area contributed by atoms with Crippen molar-refractivity contribution >= 4 is 15.9 Å². The summed E-state index contributed by atoms with van der Waals surface area (Å²) in [6, 6.07) is 2.24. The summed E-state index contributed by atoms with van der Waals surface area (Å²) in [6.07, 6.45) is 2.67. The summed E-state index contributed by atoms with van der Waals surface area (Å²) in [6.45, 7) is 1.12. The van der Waals surface area contributed by atoms with Gasteiger partial charge in [0.05, 0.1) is 7.11 Å². The van der Waals surface area contributed by atoms with Gasteiger partial charge in [-0.1, -0.05) is 19.4 Å². The highest BCUT2D eigenvalue weighted by Gasteiger charge is 2.65. The molecular weight excluding hydrogens is 301 g/mol. The molecule has 20 heavy (non-hydrogen) atoms. The second kappa shape index (κ2) is 4.16. The second-order valence-electron chi connectivity index (χ2n) is 4.88. The Labute approximate surface area is 114 Å². The molecule has 0 radical (unpaired) electrons. The molecule has 0 atom stereocenters. The second-order valence-corrected chi connectivity index (χ2v) is 7.29. The van der Waals surface area contributed by atoms with E-state index in [1.165, 1.54) is 6.07 Å². The smallest absolute Gasteiger partial charge is 0.310 e. The first-order valence-corrected chi connectivity index (χ1v) is 8.13. The van der Waals surface area contributed by atoms with Crippen LogP contribution in [0.15, 0.2) is 23.1 Å². The maximum absolute atomic E-state index is 12.9. The minimum atomic E-state index is -9.69. The zero-order valence-electron chi connectivity index (χ0n) is 10.9. The van der Waals surface area contributed by atoms with Crippen molar-refractivity contribution in [3.8, 4) is 5.75 Å². The van der Waals surface area contributed by atoms with E-state index < -0.39 is 15.1 Å². The minimum absolute atomic E-state index is 0.132. The Bertz CT molecular complexity index is 510. The monoisotopic (exact) mass is 317 g/mol. The molecule has 1 aliphatic heterocycles. The molecule has 1 heterocycles. The van der Waals surface area contributed by atoms with Gasteiger partial charge in [0.1, 0.15) is 10.6 Å². The van der Waals surface area contributed by atoms with Gasteiger partial charge in [-0.15, -0.1) is 0 Å². The Hall–Kier alpha value is -1.18. The number of rotatable bonds is 3. The normalized spacial score (nSPS) is 20.2. The molecule has 0 aromatic heterocycles. The molecular formula is C12H16F5NOS. The third-order valence-electron chi connectivity index (χ3n) is 3.27. The molecule has 2 nitrogen and oxygen atoms in total. The van der Waals surface area contributed by atoms with Crippen molar-refractivity contribution in [3.05, 3.63) is 18.2 Å². The van der Waals surface area contributed by atoms with Gasteiger partial charge in [-0.25, -0.2) is 0 Å². The number of anilines is 1. The van der Waals surface area contributed by atoms with Crippen molar-refractivity contribution in [2.75, 3.05) is 25.1 Å². The minimum Gasteiger partial charge on any atom is -0.497 e. The van der Waals surface area contributed by atoms with E-state index in [2.05, 4.69) is 0 Å². The highest BCUT2D eigenvalue weighted by Crippen LogP contribution is 3.02. The molecule has 1 aromatic rings. The Morgan fingerprint density at radius 3 is 2.05 bits per heavy atom. The molecule has 0 N–H and O–H groups in total. The van der Waals surface area contributed by atoms with Gasteiger partial charge in [0, 0.05) is 30.9 Å². The largest absolute Gasteiger partial charge is 0.497 e. The quantitative estimate of drug-likeness (QED) is 0.697. The van der Waals surface area contributed by atoms with Gasteiger partial charge >= 0.3 is 10.2 Å². The Kier molecular flexibility index (Phi) is 3.16. The first kappa shape index (κ1) is 15.2. The van der Waals surface area contributed by atoms with Crippen molar-refractivity contribution in [2.24, 2.45) is 0 Å². The molecule has 1 aliphatic rings. The molecule has 0 amide bonds. The Morgan fingerprint density at radius 2 is 1.55 bits per heavy atom. The van der Waals surface area contributed by atoms with Crippen LogP contribution in [0.25, 0.3) is 0 Å². The van der Waals surface area contributed by atoms with Crippen LogP contribution in [0, 0.1) is 0 Å². The summed E-state index contributed by atoms with van der Waals surface area (Å²) in [5, 5.41) is 0. The summed E-state index contributed by atoms with van der Waals surface area (Å²) < 4.78 is 69.4. The maximum Gasteiger partial charge on any atom is 0.310 e. The predicted octanol–water partition coefficient (Wildman–Crippen LogP) is 5.34. The molecule has 1 aromatic carbocycles. The van der Waals surface area contributed by atoms with Gasteiger partial charge < -0.3 is 9.64 Å². The molecule has 116 valence electrons. The summed E-state index contributed by atoms with van der Waals surface area (Å²) in [4.78, 5) is -0.219. The van der Waals surface area contributed by atoms with Gasteiger partial charge in [-0.3, -0.25) is 0 Å². The zero-order chi connectivity index (χ0) is 15.1. The lowest BCUT2D eigenvalue weighted by Crippen LogP contribution is -2.29. The number of halogens is 5. The predicted molar refractivity (Wildman–Crippen MR) is 70.5 cm³/mol. The summed E-state index contributed by atoms with van der Waals surface area (Å²) in [5.41, 5.74) is 0.132. The van der Waals surface area contributed by atoms with Crippen molar-refractivity contribution in [3.63, 3.8) is 0 Å². The van der Waals surface area contributed by atoms with Crippen LogP contribution in [0.2, 0.25) is 0 Å². The van der Waals surface area contributed by atoms with E-state index in [1.807, 2.05) is 0 Å². The van der Waals surface area contributed by atoms with Crippen LogP contribution in [0.4, 0.5) is 25.1 Å². The number of hydrogen-bond donors (Lipinski definition) is 0. The van der Waals surface area contributed by atoms with E-state index in [9.17, 15) is 19.4 Å². The van der Waals surface area contributed by atoms with Crippen molar-refractivity contribution in [1.29, 1.82) is 0 Å². The van der Waals surface area contributed by atoms with E-state index in [0.29, 0.717) is 25.2 Å². The van der Waals surface area contributed by atoms with Crippen LogP contribution in [-0.4, -0.2) is 20.2 Å². The number of piperidine rings is 1. The summed E-state index contributed by atoms with van der Waals surface area (Å²) in [5.74, 6) is -0.212. The molecule has 0 spiro atoms. The number of benzene rings is 1. The molecule has 0 aliphatic carbocycles. The van der Waals surface area contributed by atoms with E-state index in [-0.39, 0.29) is 11.4 Å². The third kappa shape index (κ3) is 3.47. The van der Waals surface area contributed by atoms with Gasteiger partial charge in [0.15, 0.2) is 0 Å². The van der Waals surface area contributed by atoms with Gasteiger partial charge in [0.2, 0.25) is 0 Å². The molecule has 0 bridgehead atoms. The lowest BCUT2D eigenvalue weighted by atomic mass is 10.1. The highest BCUT2D eigenvalue weighted by atomic mass is 32.5. The lowest BCUT2D eigenvalue weighted by molar-refractivity contribution is 0.361. The van der Waals surface area contributed by atoms with Crippen LogP contribution in [0.3, 0.4) is 0 Å². The maximum atomic E-state index is 12.9. The fourth-order valence-corrected chi connectivity index (χ4v) is 2.91. The van der Waals surface area contributed by atoms with Crippen LogP contribution in [-0.2, 0) is 0 Å². The van der Waals surface area contributed by atoms with Crippen LogP contribution >= 0.6 is 10.2 Å². The standard InChI is InChI=1S/C12H16F5NOS/c1-19-11-7-10(18-5-3-2-4-6-18)8-12(9-11)20(13,14,15,16)17/h7-9H,2-6H2,1H3. The van der Waals surface area contributed by atoms with Crippen molar-refractivity contribution in [1.82, 2.24) is 0 Å². The number of ether oxygens (including phenoxy) is 1. The topological polar surface area (TPSA) is 12.5 Å². The van der Waals surface area contributed by atoms with Gasteiger partial charge in [0.25, 0.3) is 0 Å². The fraction of sp³-hybridized carbons (Fsp3) is 0.500. The van der Waals surface area contributed by atoms with E-state index >= 15 is 0 Å². The average molecular weight is 317 g/mol. The highest BCUT2D eigenvalue weighted by molar-refractivity contribution is 8.45. The molecule has 2 rings (SSSR count). The lowest BCUT2D eigenvalue weighted by Gasteiger charge is -2.41. The summed E-state index contributed by atoms with van der Waals surface area (Å²) in [7, 11) is -8.54. The van der Waals surface area contributed by atoms with E-state index in [4.69, 9.17) is 4.74 Å². The summed E-state index contributed by atoms with van der Waals surface area (Å²) >= 11 is 0. The SMILES string of the molecule is COc1cc(N2CCCCC2)cc(S(F)(F)(F)(F)F)c1.